The predicted octanol–water partition coefficient (Wildman–Crippen LogP) is 5.40. The van der Waals surface area contributed by atoms with Crippen molar-refractivity contribution < 1.29 is 9.59 Å². The molecule has 4 rings (SSSR count). The summed E-state index contributed by atoms with van der Waals surface area (Å²) >= 11 is 6.00. The van der Waals surface area contributed by atoms with Crippen LogP contribution in [0.15, 0.2) is 48.5 Å². The lowest BCUT2D eigenvalue weighted by Gasteiger charge is -2.40. The fourth-order valence-electron chi connectivity index (χ4n) is 4.43. The minimum absolute atomic E-state index is 0.0985. The molecule has 0 bridgehead atoms. The average molecular weight is 411 g/mol. The molecule has 0 N–H and O–H groups in total. The molecule has 2 aliphatic rings. The number of benzene rings is 2. The number of halogens is 1. The standard InChI is InChI=1S/C24H27ClN2O2/c1-3-26(20-12-10-19(25)11-13-20)23(28)15-18-14-16(2)27(24(29)17-8-9-17)22-7-5-4-6-21(18)22/h4-7,10-13,16-18H,3,8-9,14-15H2,1-2H3. The van der Waals surface area contributed by atoms with Gasteiger partial charge < -0.3 is 9.80 Å². The Kier molecular flexibility index (Phi) is 5.64. The molecule has 5 heteroatoms. The number of carbonyl (C=O) groups excluding carboxylic acids is 2. The van der Waals surface area contributed by atoms with E-state index in [0.717, 1.165) is 36.2 Å². The number of carbonyl (C=O) groups is 2. The van der Waals surface area contributed by atoms with Crippen molar-refractivity contribution in [2.75, 3.05) is 16.3 Å². The quantitative estimate of drug-likeness (QED) is 0.661. The molecule has 4 nitrogen and oxygen atoms in total. The number of hydrogen-bond acceptors (Lipinski definition) is 2. The Morgan fingerprint density at radius 2 is 1.79 bits per heavy atom. The van der Waals surface area contributed by atoms with Gasteiger partial charge in [-0.1, -0.05) is 29.8 Å². The van der Waals surface area contributed by atoms with Crippen molar-refractivity contribution in [1.82, 2.24) is 0 Å². The van der Waals surface area contributed by atoms with Crippen LogP contribution in [0.3, 0.4) is 0 Å². The Balaban J connectivity index is 1.57. The minimum atomic E-state index is 0.0985. The van der Waals surface area contributed by atoms with Gasteiger partial charge in [-0.05, 0) is 74.9 Å². The second-order valence-corrected chi connectivity index (χ2v) is 8.58. The smallest absolute Gasteiger partial charge is 0.230 e. The summed E-state index contributed by atoms with van der Waals surface area (Å²) in [7, 11) is 0. The monoisotopic (exact) mass is 410 g/mol. The van der Waals surface area contributed by atoms with Crippen LogP contribution in [-0.4, -0.2) is 24.4 Å². The van der Waals surface area contributed by atoms with Gasteiger partial charge in [-0.3, -0.25) is 9.59 Å². The molecular weight excluding hydrogens is 384 g/mol. The van der Waals surface area contributed by atoms with Crippen LogP contribution in [0.4, 0.5) is 11.4 Å². The molecule has 1 aliphatic heterocycles. The van der Waals surface area contributed by atoms with Crippen LogP contribution >= 0.6 is 11.6 Å². The van der Waals surface area contributed by atoms with Crippen molar-refractivity contribution in [3.05, 3.63) is 59.1 Å². The van der Waals surface area contributed by atoms with Gasteiger partial charge in [0.15, 0.2) is 0 Å². The van der Waals surface area contributed by atoms with E-state index in [2.05, 4.69) is 13.0 Å². The molecule has 0 spiro atoms. The summed E-state index contributed by atoms with van der Waals surface area (Å²) in [6.45, 7) is 4.70. The Labute approximate surface area is 177 Å². The minimum Gasteiger partial charge on any atom is -0.313 e. The molecule has 2 atom stereocenters. The lowest BCUT2D eigenvalue weighted by Crippen LogP contribution is -2.44. The van der Waals surface area contributed by atoms with Gasteiger partial charge in [-0.2, -0.15) is 0 Å². The van der Waals surface area contributed by atoms with Crippen molar-refractivity contribution in [2.45, 2.75) is 51.5 Å². The highest BCUT2D eigenvalue weighted by Gasteiger charge is 2.40. The summed E-state index contributed by atoms with van der Waals surface area (Å²) in [4.78, 5) is 29.8. The molecule has 2 aromatic rings. The van der Waals surface area contributed by atoms with E-state index < -0.39 is 0 Å². The number of hydrogen-bond donors (Lipinski definition) is 0. The molecule has 1 heterocycles. The second-order valence-electron chi connectivity index (χ2n) is 8.14. The predicted molar refractivity (Wildman–Crippen MR) is 118 cm³/mol. The fraction of sp³-hybridized carbons (Fsp3) is 0.417. The third-order valence-corrected chi connectivity index (χ3v) is 6.30. The summed E-state index contributed by atoms with van der Waals surface area (Å²) in [5, 5.41) is 0.660. The summed E-state index contributed by atoms with van der Waals surface area (Å²) in [5.74, 6) is 0.636. The molecule has 29 heavy (non-hydrogen) atoms. The molecule has 2 unspecified atom stereocenters. The van der Waals surface area contributed by atoms with Crippen LogP contribution in [0, 0.1) is 5.92 Å². The Morgan fingerprint density at radius 3 is 2.45 bits per heavy atom. The average Bonchev–Trinajstić information content (AvgIpc) is 3.55. The molecule has 0 saturated heterocycles. The summed E-state index contributed by atoms with van der Waals surface area (Å²) in [6, 6.07) is 15.6. The third kappa shape index (κ3) is 4.04. The normalized spacial score (nSPS) is 20.9. The van der Waals surface area contributed by atoms with E-state index in [1.165, 1.54) is 0 Å². The fourth-order valence-corrected chi connectivity index (χ4v) is 4.56. The number of rotatable bonds is 5. The van der Waals surface area contributed by atoms with E-state index in [1.807, 2.05) is 59.2 Å². The van der Waals surface area contributed by atoms with Gasteiger partial charge in [0.1, 0.15) is 0 Å². The van der Waals surface area contributed by atoms with Crippen LogP contribution in [0.1, 0.15) is 51.0 Å². The zero-order chi connectivity index (χ0) is 20.5. The highest BCUT2D eigenvalue weighted by atomic mass is 35.5. The SMILES string of the molecule is CCN(C(=O)CC1CC(C)N(C(=O)C2CC2)c2ccccc21)c1ccc(Cl)cc1. The van der Waals surface area contributed by atoms with E-state index in [0.29, 0.717) is 18.0 Å². The summed E-state index contributed by atoms with van der Waals surface area (Å²) in [5.41, 5.74) is 2.96. The highest BCUT2D eigenvalue weighted by molar-refractivity contribution is 6.30. The number of para-hydroxylation sites is 1. The van der Waals surface area contributed by atoms with E-state index in [-0.39, 0.29) is 29.7 Å². The lowest BCUT2D eigenvalue weighted by molar-refractivity contribution is -0.120. The maximum atomic E-state index is 13.2. The zero-order valence-electron chi connectivity index (χ0n) is 17.0. The number of amides is 2. The molecule has 2 aromatic carbocycles. The van der Waals surface area contributed by atoms with Gasteiger partial charge in [0.05, 0.1) is 0 Å². The second kappa shape index (κ2) is 8.19. The van der Waals surface area contributed by atoms with Crippen molar-refractivity contribution in [2.24, 2.45) is 5.92 Å². The summed E-state index contributed by atoms with van der Waals surface area (Å²) in [6.07, 6.45) is 3.24. The topological polar surface area (TPSA) is 40.6 Å². The van der Waals surface area contributed by atoms with Gasteiger partial charge in [-0.15, -0.1) is 0 Å². The first kappa shape index (κ1) is 20.0. The molecule has 1 saturated carbocycles. The van der Waals surface area contributed by atoms with Crippen LogP contribution in [0.5, 0.6) is 0 Å². The van der Waals surface area contributed by atoms with E-state index in [4.69, 9.17) is 11.6 Å². The van der Waals surface area contributed by atoms with Crippen LogP contribution < -0.4 is 9.80 Å². The molecular formula is C24H27ClN2O2. The third-order valence-electron chi connectivity index (χ3n) is 6.04. The largest absolute Gasteiger partial charge is 0.313 e. The Hall–Kier alpha value is -2.33. The number of anilines is 2. The molecule has 1 fully saturated rings. The zero-order valence-corrected chi connectivity index (χ0v) is 17.7. The van der Waals surface area contributed by atoms with Gasteiger partial charge in [0.2, 0.25) is 11.8 Å². The van der Waals surface area contributed by atoms with Crippen LogP contribution in [-0.2, 0) is 9.59 Å². The molecule has 1 aliphatic carbocycles. The molecule has 0 aromatic heterocycles. The van der Waals surface area contributed by atoms with E-state index >= 15 is 0 Å². The van der Waals surface area contributed by atoms with E-state index in [1.54, 1.807) is 0 Å². The highest BCUT2D eigenvalue weighted by Crippen LogP contribution is 2.43. The first-order valence-corrected chi connectivity index (χ1v) is 10.8. The Morgan fingerprint density at radius 1 is 1.10 bits per heavy atom. The van der Waals surface area contributed by atoms with Gasteiger partial charge in [0.25, 0.3) is 0 Å². The molecule has 152 valence electrons. The number of nitrogens with zero attached hydrogens (tertiary/aromatic N) is 2. The van der Waals surface area contributed by atoms with Crippen molar-refractivity contribution in [3.8, 4) is 0 Å². The first-order chi connectivity index (χ1) is 14.0. The Bertz CT molecular complexity index is 907. The molecule has 2 amide bonds. The number of fused-ring (bicyclic) bond motifs is 1. The summed E-state index contributed by atoms with van der Waals surface area (Å²) < 4.78 is 0. The first-order valence-electron chi connectivity index (χ1n) is 10.5. The lowest BCUT2D eigenvalue weighted by atomic mass is 9.83. The van der Waals surface area contributed by atoms with Crippen molar-refractivity contribution in [1.29, 1.82) is 0 Å². The van der Waals surface area contributed by atoms with Crippen molar-refractivity contribution >= 4 is 34.8 Å². The van der Waals surface area contributed by atoms with Crippen LogP contribution in [0.2, 0.25) is 5.02 Å². The van der Waals surface area contributed by atoms with Gasteiger partial charge >= 0.3 is 0 Å². The van der Waals surface area contributed by atoms with Crippen molar-refractivity contribution in [3.63, 3.8) is 0 Å². The van der Waals surface area contributed by atoms with E-state index in [9.17, 15) is 9.59 Å². The maximum absolute atomic E-state index is 13.2. The van der Waals surface area contributed by atoms with Crippen LogP contribution in [0.25, 0.3) is 0 Å². The van der Waals surface area contributed by atoms with Gasteiger partial charge in [0, 0.05) is 41.3 Å². The maximum Gasteiger partial charge on any atom is 0.230 e. The molecule has 0 radical (unpaired) electrons. The van der Waals surface area contributed by atoms with Gasteiger partial charge in [-0.25, -0.2) is 0 Å².